The maximum Gasteiger partial charge on any atom is 0.339 e. The van der Waals surface area contributed by atoms with Crippen LogP contribution >= 0.6 is 24.0 Å². The normalized spacial score (nSPS) is 15.7. The third kappa shape index (κ3) is 4.46. The molecule has 0 radical (unpaired) electrons. The number of hydrogen-bond acceptors (Lipinski definition) is 7. The minimum absolute atomic E-state index is 0.0389. The predicted molar refractivity (Wildman–Crippen MR) is 104 cm³/mol. The average molecular weight is 425 g/mol. The SMILES string of the molecule is COc1cc(/C=C2/SC(=S)NC2=O)ccc1OS(=O)(=O)c1ccc(F)cc1. The maximum absolute atomic E-state index is 13.0. The minimum atomic E-state index is -4.16. The van der Waals surface area contributed by atoms with E-state index >= 15 is 0 Å². The van der Waals surface area contributed by atoms with Crippen molar-refractivity contribution in [2.45, 2.75) is 4.90 Å². The van der Waals surface area contributed by atoms with E-state index in [0.717, 1.165) is 36.0 Å². The highest BCUT2D eigenvalue weighted by molar-refractivity contribution is 8.26. The van der Waals surface area contributed by atoms with Crippen molar-refractivity contribution in [2.24, 2.45) is 0 Å². The molecule has 0 aromatic heterocycles. The lowest BCUT2D eigenvalue weighted by Crippen LogP contribution is -2.17. The molecule has 0 bridgehead atoms. The third-order valence-electron chi connectivity index (χ3n) is 3.43. The summed E-state index contributed by atoms with van der Waals surface area (Å²) in [7, 11) is -2.80. The van der Waals surface area contributed by atoms with Gasteiger partial charge in [-0.25, -0.2) is 4.39 Å². The number of benzene rings is 2. The first kappa shape index (κ1) is 19.3. The molecule has 0 unspecified atom stereocenters. The molecule has 2 aromatic carbocycles. The van der Waals surface area contributed by atoms with Gasteiger partial charge in [0, 0.05) is 0 Å². The van der Waals surface area contributed by atoms with Crippen LogP contribution in [0.4, 0.5) is 4.39 Å². The number of carbonyl (C=O) groups excluding carboxylic acids is 1. The lowest BCUT2D eigenvalue weighted by atomic mass is 10.2. The average Bonchev–Trinajstić information content (AvgIpc) is 2.93. The lowest BCUT2D eigenvalue weighted by Gasteiger charge is -2.11. The van der Waals surface area contributed by atoms with Crippen LogP contribution in [0.3, 0.4) is 0 Å². The number of ether oxygens (including phenoxy) is 1. The van der Waals surface area contributed by atoms with Crippen molar-refractivity contribution >= 4 is 50.4 Å². The van der Waals surface area contributed by atoms with Gasteiger partial charge in [0.15, 0.2) is 11.5 Å². The molecule has 1 amide bonds. The van der Waals surface area contributed by atoms with E-state index < -0.39 is 15.9 Å². The summed E-state index contributed by atoms with van der Waals surface area (Å²) in [6.07, 6.45) is 1.60. The molecule has 10 heteroatoms. The minimum Gasteiger partial charge on any atom is -0.493 e. The zero-order chi connectivity index (χ0) is 19.6. The Morgan fingerprint density at radius 1 is 1.15 bits per heavy atom. The zero-order valence-electron chi connectivity index (χ0n) is 13.8. The Bertz CT molecular complexity index is 1050. The Labute approximate surface area is 164 Å². The summed E-state index contributed by atoms with van der Waals surface area (Å²) in [5.74, 6) is -0.746. The van der Waals surface area contributed by atoms with Crippen molar-refractivity contribution in [1.29, 1.82) is 0 Å². The third-order valence-corrected chi connectivity index (χ3v) is 5.84. The molecule has 1 N–H and O–H groups in total. The van der Waals surface area contributed by atoms with E-state index in [9.17, 15) is 17.6 Å². The highest BCUT2D eigenvalue weighted by Crippen LogP contribution is 2.33. The van der Waals surface area contributed by atoms with Gasteiger partial charge in [0.05, 0.1) is 12.0 Å². The van der Waals surface area contributed by atoms with Crippen molar-refractivity contribution < 1.29 is 26.5 Å². The van der Waals surface area contributed by atoms with Crippen LogP contribution in [-0.4, -0.2) is 25.8 Å². The second kappa shape index (κ2) is 7.67. The van der Waals surface area contributed by atoms with Gasteiger partial charge in [-0.15, -0.1) is 0 Å². The Morgan fingerprint density at radius 2 is 1.85 bits per heavy atom. The molecule has 1 aliphatic rings. The molecule has 3 rings (SSSR count). The van der Waals surface area contributed by atoms with E-state index in [1.165, 1.54) is 19.2 Å². The van der Waals surface area contributed by atoms with E-state index in [1.54, 1.807) is 12.1 Å². The summed E-state index contributed by atoms with van der Waals surface area (Å²) in [6.45, 7) is 0. The molecular weight excluding hydrogens is 413 g/mol. The number of thioether (sulfide) groups is 1. The number of halogens is 1. The van der Waals surface area contributed by atoms with Crippen LogP contribution in [0.1, 0.15) is 5.56 Å². The summed E-state index contributed by atoms with van der Waals surface area (Å²) in [4.78, 5) is 12.0. The maximum atomic E-state index is 13.0. The van der Waals surface area contributed by atoms with Crippen molar-refractivity contribution in [3.05, 3.63) is 58.8 Å². The van der Waals surface area contributed by atoms with Crippen LogP contribution < -0.4 is 14.2 Å². The van der Waals surface area contributed by atoms with E-state index in [2.05, 4.69) is 5.32 Å². The van der Waals surface area contributed by atoms with Gasteiger partial charge in [-0.05, 0) is 48.0 Å². The van der Waals surface area contributed by atoms with Crippen molar-refractivity contribution in [1.82, 2.24) is 5.32 Å². The fourth-order valence-electron chi connectivity index (χ4n) is 2.18. The molecular formula is C17H12FNO5S3. The lowest BCUT2D eigenvalue weighted by molar-refractivity contribution is -0.115. The molecule has 1 saturated heterocycles. The number of carbonyl (C=O) groups is 1. The van der Waals surface area contributed by atoms with Crippen LogP contribution in [-0.2, 0) is 14.9 Å². The smallest absolute Gasteiger partial charge is 0.339 e. The Morgan fingerprint density at radius 3 is 2.44 bits per heavy atom. The molecule has 0 atom stereocenters. The largest absolute Gasteiger partial charge is 0.493 e. The molecule has 6 nitrogen and oxygen atoms in total. The summed E-state index contributed by atoms with van der Waals surface area (Å²) in [5, 5.41) is 2.51. The van der Waals surface area contributed by atoms with Gasteiger partial charge in [-0.1, -0.05) is 30.0 Å². The van der Waals surface area contributed by atoms with Crippen LogP contribution in [0.2, 0.25) is 0 Å². The van der Waals surface area contributed by atoms with Crippen LogP contribution in [0.25, 0.3) is 6.08 Å². The topological polar surface area (TPSA) is 81.7 Å². The highest BCUT2D eigenvalue weighted by Gasteiger charge is 2.23. The van der Waals surface area contributed by atoms with Crippen molar-refractivity contribution in [3.63, 3.8) is 0 Å². The van der Waals surface area contributed by atoms with Crippen LogP contribution in [0, 0.1) is 5.82 Å². The number of methoxy groups -OCH3 is 1. The van der Waals surface area contributed by atoms with Crippen molar-refractivity contribution in [2.75, 3.05) is 7.11 Å². The Balaban J connectivity index is 1.89. The Hall–Kier alpha value is -2.43. The highest BCUT2D eigenvalue weighted by atomic mass is 32.2. The Kier molecular flexibility index (Phi) is 5.49. The molecule has 0 aliphatic carbocycles. The van der Waals surface area contributed by atoms with Gasteiger partial charge >= 0.3 is 10.1 Å². The second-order valence-corrected chi connectivity index (χ2v) is 8.52. The van der Waals surface area contributed by atoms with E-state index in [4.69, 9.17) is 21.1 Å². The van der Waals surface area contributed by atoms with Gasteiger partial charge in [0.1, 0.15) is 15.0 Å². The van der Waals surface area contributed by atoms with Crippen LogP contribution in [0.15, 0.2) is 52.3 Å². The summed E-state index contributed by atoms with van der Waals surface area (Å²) in [6, 6.07) is 8.76. The first-order valence-electron chi connectivity index (χ1n) is 7.41. The number of rotatable bonds is 5. The van der Waals surface area contributed by atoms with E-state index in [0.29, 0.717) is 14.8 Å². The summed E-state index contributed by atoms with van der Waals surface area (Å²) < 4.78 is 48.3. The first-order chi connectivity index (χ1) is 12.8. The second-order valence-electron chi connectivity index (χ2n) is 5.25. The molecule has 140 valence electrons. The van der Waals surface area contributed by atoms with Gasteiger partial charge in [-0.3, -0.25) is 4.79 Å². The fourth-order valence-corrected chi connectivity index (χ4v) is 4.17. The fraction of sp³-hybridized carbons (Fsp3) is 0.0588. The number of hydrogen-bond donors (Lipinski definition) is 1. The number of nitrogens with one attached hydrogen (secondary N) is 1. The number of thiocarbonyl (C=S) groups is 1. The van der Waals surface area contributed by atoms with Gasteiger partial charge < -0.3 is 14.2 Å². The van der Waals surface area contributed by atoms with Crippen molar-refractivity contribution in [3.8, 4) is 11.5 Å². The molecule has 1 fully saturated rings. The van der Waals surface area contributed by atoms with Gasteiger partial charge in [0.25, 0.3) is 5.91 Å². The monoisotopic (exact) mass is 425 g/mol. The van der Waals surface area contributed by atoms with E-state index in [-0.39, 0.29) is 22.3 Å². The number of amides is 1. The van der Waals surface area contributed by atoms with Crippen LogP contribution in [0.5, 0.6) is 11.5 Å². The first-order valence-corrected chi connectivity index (χ1v) is 10.0. The van der Waals surface area contributed by atoms with E-state index in [1.807, 2.05) is 0 Å². The quantitative estimate of drug-likeness (QED) is 0.448. The summed E-state index contributed by atoms with van der Waals surface area (Å²) >= 11 is 6.06. The molecule has 0 saturated carbocycles. The summed E-state index contributed by atoms with van der Waals surface area (Å²) in [5.41, 5.74) is 0.598. The molecule has 1 aliphatic heterocycles. The molecule has 0 spiro atoms. The molecule has 2 aromatic rings. The van der Waals surface area contributed by atoms with Gasteiger partial charge in [0.2, 0.25) is 0 Å². The predicted octanol–water partition coefficient (Wildman–Crippen LogP) is 3.09. The van der Waals surface area contributed by atoms with Gasteiger partial charge in [-0.2, -0.15) is 8.42 Å². The zero-order valence-corrected chi connectivity index (χ0v) is 16.2. The molecule has 1 heterocycles. The molecule has 27 heavy (non-hydrogen) atoms. The standard InChI is InChI=1S/C17H12FNO5S3/c1-23-14-8-10(9-15-16(20)19-17(25)26-15)2-7-13(14)24-27(21,22)12-5-3-11(18)4-6-12/h2-9H,1H3,(H,19,20,25)/b15-9+.